The second kappa shape index (κ2) is 11.2. The molecule has 0 aliphatic carbocycles. The molecule has 2 aromatic carbocycles. The van der Waals surface area contributed by atoms with Crippen LogP contribution in [-0.2, 0) is 4.79 Å². The molecule has 35 heavy (non-hydrogen) atoms. The quantitative estimate of drug-likeness (QED) is 0.480. The summed E-state index contributed by atoms with van der Waals surface area (Å²) >= 11 is 0. The first kappa shape index (κ1) is 24.5. The lowest BCUT2D eigenvalue weighted by atomic mass is 9.97. The molecule has 1 aliphatic rings. The number of likely N-dealkylation sites (tertiary alicyclic amines) is 1. The molecule has 0 radical (unpaired) electrons. The van der Waals surface area contributed by atoms with Crippen molar-refractivity contribution >= 4 is 11.8 Å². The Hall–Kier alpha value is -3.67. The van der Waals surface area contributed by atoms with Crippen molar-refractivity contribution in [3.8, 4) is 5.75 Å². The van der Waals surface area contributed by atoms with Crippen molar-refractivity contribution in [3.05, 3.63) is 95.8 Å². The Bertz CT molecular complexity index is 1070. The number of piperidine rings is 1. The second-order valence-electron chi connectivity index (χ2n) is 9.23. The normalized spacial score (nSPS) is 18.5. The van der Waals surface area contributed by atoms with E-state index in [0.29, 0.717) is 11.3 Å². The molecular weight excluding hydrogens is 438 g/mol. The molecule has 2 heterocycles. The molecule has 0 bridgehead atoms. The van der Waals surface area contributed by atoms with Crippen molar-refractivity contribution < 1.29 is 14.3 Å². The third-order valence-electron chi connectivity index (χ3n) is 6.74. The molecule has 1 aliphatic heterocycles. The Kier molecular flexibility index (Phi) is 7.80. The summed E-state index contributed by atoms with van der Waals surface area (Å²) in [6, 6.07) is 22.7. The van der Waals surface area contributed by atoms with Crippen LogP contribution in [0.2, 0.25) is 0 Å². The molecule has 0 spiro atoms. The van der Waals surface area contributed by atoms with E-state index in [9.17, 15) is 9.59 Å². The number of carbonyl (C=O) groups is 2. The van der Waals surface area contributed by atoms with Crippen molar-refractivity contribution in [1.82, 2.24) is 14.8 Å². The number of ether oxygens (including phenoxy) is 1. The molecule has 6 nitrogen and oxygen atoms in total. The van der Waals surface area contributed by atoms with E-state index in [1.807, 2.05) is 53.4 Å². The van der Waals surface area contributed by atoms with E-state index in [1.54, 1.807) is 42.4 Å². The summed E-state index contributed by atoms with van der Waals surface area (Å²) in [6.07, 6.45) is 4.95. The summed E-state index contributed by atoms with van der Waals surface area (Å²) in [5, 5.41) is 0. The summed E-state index contributed by atoms with van der Waals surface area (Å²) in [7, 11) is 1.79. The summed E-state index contributed by atoms with van der Waals surface area (Å²) in [4.78, 5) is 34.3. The van der Waals surface area contributed by atoms with Crippen LogP contribution in [0.25, 0.3) is 0 Å². The average molecular weight is 472 g/mol. The van der Waals surface area contributed by atoms with E-state index in [-0.39, 0.29) is 36.5 Å². The van der Waals surface area contributed by atoms with Crippen LogP contribution in [0, 0.1) is 0 Å². The second-order valence-corrected chi connectivity index (χ2v) is 9.23. The van der Waals surface area contributed by atoms with Crippen molar-refractivity contribution in [1.29, 1.82) is 0 Å². The van der Waals surface area contributed by atoms with Crippen molar-refractivity contribution in [2.75, 3.05) is 13.7 Å². The number of hydrogen-bond donors (Lipinski definition) is 0. The van der Waals surface area contributed by atoms with Crippen LogP contribution in [0.4, 0.5) is 0 Å². The Balaban J connectivity index is 1.44. The first-order valence-electron chi connectivity index (χ1n) is 12.2. The molecule has 1 saturated heterocycles. The van der Waals surface area contributed by atoms with Crippen molar-refractivity contribution in [2.24, 2.45) is 0 Å². The maximum Gasteiger partial charge on any atom is 0.260 e. The van der Waals surface area contributed by atoms with Crippen LogP contribution in [-0.4, -0.2) is 52.3 Å². The van der Waals surface area contributed by atoms with Gasteiger partial charge in [0.1, 0.15) is 5.75 Å². The van der Waals surface area contributed by atoms with Crippen LogP contribution in [0.15, 0.2) is 79.0 Å². The SMILES string of the molecule is CC1CCCC(C)N1C(=O)COc1ccc(C(=O)N(C)C(c2ccccc2)c2ccccn2)cc1. The standard InChI is InChI=1S/C29H33N3O3/c1-21-10-9-11-22(2)32(21)27(33)20-35-25-17-15-24(16-18-25)29(34)31(3)28(23-12-5-4-6-13-23)26-14-7-8-19-30-26/h4-8,12-19,21-22,28H,9-11,20H2,1-3H3. The van der Waals surface area contributed by atoms with E-state index in [0.717, 1.165) is 30.5 Å². The average Bonchev–Trinajstić information content (AvgIpc) is 2.88. The Morgan fingerprint density at radius 3 is 2.26 bits per heavy atom. The van der Waals surface area contributed by atoms with E-state index in [4.69, 9.17) is 4.74 Å². The zero-order valence-electron chi connectivity index (χ0n) is 20.6. The van der Waals surface area contributed by atoms with E-state index < -0.39 is 0 Å². The number of rotatable bonds is 7. The van der Waals surface area contributed by atoms with Crippen molar-refractivity contribution in [3.63, 3.8) is 0 Å². The van der Waals surface area contributed by atoms with Crippen LogP contribution in [0.3, 0.4) is 0 Å². The van der Waals surface area contributed by atoms with Gasteiger partial charge < -0.3 is 14.5 Å². The summed E-state index contributed by atoms with van der Waals surface area (Å²) in [6.45, 7) is 4.19. The fourth-order valence-electron chi connectivity index (χ4n) is 4.91. The minimum Gasteiger partial charge on any atom is -0.484 e. The zero-order valence-corrected chi connectivity index (χ0v) is 20.6. The van der Waals surface area contributed by atoms with Gasteiger partial charge in [-0.3, -0.25) is 14.6 Å². The highest BCUT2D eigenvalue weighted by molar-refractivity contribution is 5.94. The Morgan fingerprint density at radius 2 is 1.63 bits per heavy atom. The van der Waals surface area contributed by atoms with E-state index in [2.05, 4.69) is 18.8 Å². The predicted octanol–water partition coefficient (Wildman–Crippen LogP) is 5.11. The van der Waals surface area contributed by atoms with Gasteiger partial charge in [0.05, 0.1) is 11.7 Å². The number of amides is 2. The number of hydrogen-bond acceptors (Lipinski definition) is 4. The summed E-state index contributed by atoms with van der Waals surface area (Å²) < 4.78 is 5.77. The first-order valence-corrected chi connectivity index (χ1v) is 12.2. The largest absolute Gasteiger partial charge is 0.484 e. The summed E-state index contributed by atoms with van der Waals surface area (Å²) in [5.41, 5.74) is 2.33. The minimum atomic E-state index is -0.313. The van der Waals surface area contributed by atoms with E-state index in [1.165, 1.54) is 0 Å². The first-order chi connectivity index (χ1) is 17.0. The molecule has 3 unspecified atom stereocenters. The maximum absolute atomic E-state index is 13.4. The van der Waals surface area contributed by atoms with Gasteiger partial charge in [0, 0.05) is 30.9 Å². The van der Waals surface area contributed by atoms with Crippen LogP contribution < -0.4 is 4.74 Å². The molecule has 182 valence electrons. The van der Waals surface area contributed by atoms with Crippen LogP contribution in [0.5, 0.6) is 5.75 Å². The molecule has 0 N–H and O–H groups in total. The predicted molar refractivity (Wildman–Crippen MR) is 136 cm³/mol. The molecule has 3 atom stereocenters. The van der Waals surface area contributed by atoms with Gasteiger partial charge >= 0.3 is 0 Å². The minimum absolute atomic E-state index is 0.00235. The number of nitrogens with zero attached hydrogens (tertiary/aromatic N) is 3. The van der Waals surface area contributed by atoms with Gasteiger partial charge in [-0.1, -0.05) is 36.4 Å². The third-order valence-corrected chi connectivity index (χ3v) is 6.74. The number of carbonyl (C=O) groups excluding carboxylic acids is 2. The Labute approximate surface area is 207 Å². The van der Waals surface area contributed by atoms with Crippen LogP contribution >= 0.6 is 0 Å². The van der Waals surface area contributed by atoms with Gasteiger partial charge in [-0.25, -0.2) is 0 Å². The lowest BCUT2D eigenvalue weighted by Crippen LogP contribution is -2.49. The number of aromatic nitrogens is 1. The molecular formula is C29H33N3O3. The fourth-order valence-corrected chi connectivity index (χ4v) is 4.91. The highest BCUT2D eigenvalue weighted by atomic mass is 16.5. The van der Waals surface area contributed by atoms with Gasteiger partial charge in [0.2, 0.25) is 0 Å². The molecule has 1 aromatic heterocycles. The monoisotopic (exact) mass is 471 g/mol. The third kappa shape index (κ3) is 5.70. The number of pyridine rings is 1. The molecule has 6 heteroatoms. The molecule has 4 rings (SSSR count). The van der Waals surface area contributed by atoms with Gasteiger partial charge in [0.25, 0.3) is 11.8 Å². The topological polar surface area (TPSA) is 62.7 Å². The van der Waals surface area contributed by atoms with Gasteiger partial charge in [0.15, 0.2) is 6.61 Å². The van der Waals surface area contributed by atoms with Gasteiger partial charge in [-0.15, -0.1) is 0 Å². The smallest absolute Gasteiger partial charge is 0.260 e. The van der Waals surface area contributed by atoms with Crippen LogP contribution in [0.1, 0.15) is 60.8 Å². The van der Waals surface area contributed by atoms with Gasteiger partial charge in [-0.2, -0.15) is 0 Å². The molecule has 0 saturated carbocycles. The fraction of sp³-hybridized carbons (Fsp3) is 0.345. The van der Waals surface area contributed by atoms with E-state index >= 15 is 0 Å². The number of benzene rings is 2. The highest BCUT2D eigenvalue weighted by Crippen LogP contribution is 2.28. The van der Waals surface area contributed by atoms with Crippen molar-refractivity contribution in [2.45, 2.75) is 51.2 Å². The molecule has 2 amide bonds. The molecule has 3 aromatic rings. The lowest BCUT2D eigenvalue weighted by molar-refractivity contribution is -0.139. The highest BCUT2D eigenvalue weighted by Gasteiger charge is 2.29. The lowest BCUT2D eigenvalue weighted by Gasteiger charge is -2.38. The summed E-state index contributed by atoms with van der Waals surface area (Å²) in [5.74, 6) is 0.452. The zero-order chi connectivity index (χ0) is 24.8. The molecule has 1 fully saturated rings. The Morgan fingerprint density at radius 1 is 0.971 bits per heavy atom. The maximum atomic E-state index is 13.4. The van der Waals surface area contributed by atoms with Gasteiger partial charge in [-0.05, 0) is 75.1 Å².